The first kappa shape index (κ1) is 10.7. The Morgan fingerprint density at radius 3 is 2.17 bits per heavy atom. The molecule has 1 rings (SSSR count). The lowest BCUT2D eigenvalue weighted by Crippen LogP contribution is -2.38. The number of hydrogen-bond donors (Lipinski definition) is 1. The van der Waals surface area contributed by atoms with Gasteiger partial charge >= 0.3 is 0 Å². The predicted molar refractivity (Wildman–Crippen MR) is 60.5 cm³/mol. The number of hydrogen-bond acceptors (Lipinski definition) is 3. The summed E-state index contributed by atoms with van der Waals surface area (Å²) < 4.78 is 0.793. The van der Waals surface area contributed by atoms with E-state index in [1.54, 1.807) is 0 Å². The first-order valence-electron chi connectivity index (χ1n) is 4.70. The van der Waals surface area contributed by atoms with Crippen molar-refractivity contribution in [3.63, 3.8) is 0 Å². The van der Waals surface area contributed by atoms with Crippen molar-refractivity contribution in [2.75, 3.05) is 0 Å². The zero-order valence-corrected chi connectivity index (χ0v) is 9.97. The van der Waals surface area contributed by atoms with E-state index in [2.05, 4.69) is 56.5 Å². The average Bonchev–Trinajstić information content (AvgIpc) is 2.01. The van der Waals surface area contributed by atoms with Gasteiger partial charge in [-0.3, -0.25) is 5.32 Å². The van der Waals surface area contributed by atoms with Crippen molar-refractivity contribution in [1.82, 2.24) is 5.32 Å². The maximum atomic E-state index is 3.51. The van der Waals surface area contributed by atoms with Crippen LogP contribution in [0.3, 0.4) is 0 Å². The summed E-state index contributed by atoms with van der Waals surface area (Å²) in [4.78, 5) is 0. The van der Waals surface area contributed by atoms with Gasteiger partial charge in [-0.05, 0) is 19.8 Å². The Bertz CT molecular complexity index is 130. The summed E-state index contributed by atoms with van der Waals surface area (Å²) in [6.07, 6.45) is 1.30. The van der Waals surface area contributed by atoms with Gasteiger partial charge in [0, 0.05) is 0 Å². The highest BCUT2D eigenvalue weighted by Crippen LogP contribution is 2.39. The van der Waals surface area contributed by atoms with Crippen molar-refractivity contribution in [2.24, 2.45) is 5.92 Å². The molecule has 0 bridgehead atoms. The Morgan fingerprint density at radius 2 is 1.75 bits per heavy atom. The van der Waals surface area contributed by atoms with Crippen LogP contribution in [0.5, 0.6) is 0 Å². The molecule has 0 saturated carbocycles. The van der Waals surface area contributed by atoms with Gasteiger partial charge in [0.05, 0.1) is 15.3 Å². The van der Waals surface area contributed by atoms with Gasteiger partial charge in [-0.15, -0.1) is 23.5 Å². The molecule has 0 spiro atoms. The minimum Gasteiger partial charge on any atom is -0.294 e. The van der Waals surface area contributed by atoms with Gasteiger partial charge < -0.3 is 0 Å². The van der Waals surface area contributed by atoms with Gasteiger partial charge in [-0.2, -0.15) is 0 Å². The Hall–Kier alpha value is 0.660. The topological polar surface area (TPSA) is 12.0 Å². The molecule has 0 aliphatic carbocycles. The molecule has 3 atom stereocenters. The standard InChI is InChI=1S/C9H19NS2/c1-5-6(2)9-11-7(3)10-8(4)12-9/h6-10H,5H2,1-4H3. The molecule has 0 aromatic rings. The largest absolute Gasteiger partial charge is 0.294 e. The molecule has 0 aromatic carbocycles. The van der Waals surface area contributed by atoms with Gasteiger partial charge in [0.2, 0.25) is 0 Å². The fourth-order valence-electron chi connectivity index (χ4n) is 1.30. The highest BCUT2D eigenvalue weighted by molar-refractivity contribution is 8.18. The minimum absolute atomic E-state index is 0.625. The Kier molecular flexibility index (Phi) is 4.27. The molecule has 1 aliphatic heterocycles. The molecule has 1 aliphatic rings. The van der Waals surface area contributed by atoms with Crippen molar-refractivity contribution >= 4 is 23.5 Å². The summed E-state index contributed by atoms with van der Waals surface area (Å²) in [5.41, 5.74) is 0. The van der Waals surface area contributed by atoms with E-state index in [-0.39, 0.29) is 0 Å². The van der Waals surface area contributed by atoms with Crippen LogP contribution in [0.2, 0.25) is 0 Å². The van der Waals surface area contributed by atoms with Crippen LogP contribution in [0.4, 0.5) is 0 Å². The van der Waals surface area contributed by atoms with Crippen LogP contribution in [0.25, 0.3) is 0 Å². The van der Waals surface area contributed by atoms with Crippen LogP contribution in [-0.4, -0.2) is 15.3 Å². The second-order valence-corrected chi connectivity index (χ2v) is 6.75. The highest BCUT2D eigenvalue weighted by atomic mass is 32.2. The summed E-state index contributed by atoms with van der Waals surface area (Å²) in [7, 11) is 0. The number of nitrogens with one attached hydrogen (secondary N) is 1. The van der Waals surface area contributed by atoms with Crippen LogP contribution >= 0.6 is 23.5 Å². The third-order valence-electron chi connectivity index (χ3n) is 2.25. The van der Waals surface area contributed by atoms with Gasteiger partial charge in [0.25, 0.3) is 0 Å². The average molecular weight is 205 g/mol. The maximum Gasteiger partial charge on any atom is 0.0559 e. The molecule has 0 aromatic heterocycles. The predicted octanol–water partition coefficient (Wildman–Crippen LogP) is 3.12. The molecule has 3 unspecified atom stereocenters. The summed E-state index contributed by atoms with van der Waals surface area (Å²) in [6, 6.07) is 0. The molecular weight excluding hydrogens is 186 g/mol. The number of thioether (sulfide) groups is 2. The third-order valence-corrected chi connectivity index (χ3v) is 5.48. The summed E-state index contributed by atoms with van der Waals surface area (Å²) >= 11 is 4.15. The molecule has 12 heavy (non-hydrogen) atoms. The fourth-order valence-corrected chi connectivity index (χ4v) is 4.94. The molecule has 1 nitrogen and oxygen atoms in total. The third kappa shape index (κ3) is 2.86. The van der Waals surface area contributed by atoms with E-state index in [1.807, 2.05) is 0 Å². The lowest BCUT2D eigenvalue weighted by atomic mass is 10.2. The molecule has 0 amide bonds. The molecule has 0 radical (unpaired) electrons. The summed E-state index contributed by atoms with van der Waals surface area (Å²) in [6.45, 7) is 9.16. The molecule has 1 saturated heterocycles. The molecule has 1 heterocycles. The molecule has 1 fully saturated rings. The van der Waals surface area contributed by atoms with E-state index >= 15 is 0 Å². The van der Waals surface area contributed by atoms with Crippen molar-refractivity contribution in [1.29, 1.82) is 0 Å². The van der Waals surface area contributed by atoms with Gasteiger partial charge in [0.1, 0.15) is 0 Å². The highest BCUT2D eigenvalue weighted by Gasteiger charge is 2.27. The van der Waals surface area contributed by atoms with Crippen LogP contribution in [0, 0.1) is 5.92 Å². The Balaban J connectivity index is 2.43. The van der Waals surface area contributed by atoms with Crippen molar-refractivity contribution in [3.8, 4) is 0 Å². The van der Waals surface area contributed by atoms with Crippen molar-refractivity contribution in [3.05, 3.63) is 0 Å². The first-order chi connectivity index (χ1) is 5.63. The van der Waals surface area contributed by atoms with E-state index in [4.69, 9.17) is 0 Å². The number of rotatable bonds is 2. The van der Waals surface area contributed by atoms with E-state index in [1.165, 1.54) is 6.42 Å². The molecule has 1 N–H and O–H groups in total. The first-order valence-corrected chi connectivity index (χ1v) is 6.59. The summed E-state index contributed by atoms with van der Waals surface area (Å²) in [5, 5.41) is 4.76. The van der Waals surface area contributed by atoms with Gasteiger partial charge in [-0.1, -0.05) is 20.3 Å². The Morgan fingerprint density at radius 1 is 1.25 bits per heavy atom. The van der Waals surface area contributed by atoms with Gasteiger partial charge in [0.15, 0.2) is 0 Å². The van der Waals surface area contributed by atoms with Crippen LogP contribution in [-0.2, 0) is 0 Å². The van der Waals surface area contributed by atoms with E-state index in [0.717, 1.165) is 10.5 Å². The minimum atomic E-state index is 0.625. The lowest BCUT2D eigenvalue weighted by molar-refractivity contribution is 0.591. The fraction of sp³-hybridized carbons (Fsp3) is 1.00. The van der Waals surface area contributed by atoms with E-state index in [9.17, 15) is 0 Å². The van der Waals surface area contributed by atoms with E-state index < -0.39 is 0 Å². The van der Waals surface area contributed by atoms with Crippen molar-refractivity contribution < 1.29 is 0 Å². The van der Waals surface area contributed by atoms with Gasteiger partial charge in [-0.25, -0.2) is 0 Å². The quantitative estimate of drug-likeness (QED) is 0.744. The Labute approximate surface area is 84.4 Å². The lowest BCUT2D eigenvalue weighted by Gasteiger charge is -2.34. The van der Waals surface area contributed by atoms with Crippen LogP contribution in [0.1, 0.15) is 34.1 Å². The van der Waals surface area contributed by atoms with Crippen LogP contribution < -0.4 is 5.32 Å². The normalized spacial score (nSPS) is 39.5. The second kappa shape index (κ2) is 4.77. The summed E-state index contributed by atoms with van der Waals surface area (Å²) in [5.74, 6) is 0.840. The smallest absolute Gasteiger partial charge is 0.0559 e. The zero-order valence-electron chi connectivity index (χ0n) is 8.33. The maximum absolute atomic E-state index is 3.51. The SMILES string of the molecule is CCC(C)C1SC(C)NC(C)S1. The zero-order chi connectivity index (χ0) is 9.14. The van der Waals surface area contributed by atoms with E-state index in [0.29, 0.717) is 10.7 Å². The molecule has 72 valence electrons. The monoisotopic (exact) mass is 205 g/mol. The second-order valence-electron chi connectivity index (χ2n) is 3.48. The van der Waals surface area contributed by atoms with Crippen molar-refractivity contribution in [2.45, 2.75) is 49.4 Å². The van der Waals surface area contributed by atoms with Crippen LogP contribution in [0.15, 0.2) is 0 Å². The molecule has 3 heteroatoms. The molecular formula is C9H19NS2.